The smallest absolute Gasteiger partial charge is 0.129 e. The summed E-state index contributed by atoms with van der Waals surface area (Å²) in [4.78, 5) is 6.85. The van der Waals surface area contributed by atoms with Gasteiger partial charge >= 0.3 is 0 Å². The van der Waals surface area contributed by atoms with Crippen molar-refractivity contribution in [1.29, 1.82) is 0 Å². The molecule has 0 saturated heterocycles. The van der Waals surface area contributed by atoms with Gasteiger partial charge in [0.2, 0.25) is 0 Å². The van der Waals surface area contributed by atoms with Gasteiger partial charge in [-0.3, -0.25) is 0 Å². The molecular formula is C10H15N3S. The van der Waals surface area contributed by atoms with Crippen LogP contribution in [0.2, 0.25) is 0 Å². The third kappa shape index (κ3) is 2.42. The van der Waals surface area contributed by atoms with Crippen molar-refractivity contribution in [3.63, 3.8) is 0 Å². The number of thiocarbonyl (C=S) groups is 1. The Kier molecular flexibility index (Phi) is 3.83. The first-order valence-corrected chi connectivity index (χ1v) is 5.10. The molecule has 0 saturated carbocycles. The van der Waals surface area contributed by atoms with Crippen LogP contribution in [0.25, 0.3) is 0 Å². The predicted molar refractivity (Wildman–Crippen MR) is 63.7 cm³/mol. The normalized spacial score (nSPS) is 9.86. The zero-order chi connectivity index (χ0) is 10.6. The molecule has 0 radical (unpaired) electrons. The second-order valence-corrected chi connectivity index (χ2v) is 3.38. The Morgan fingerprint density at radius 2 is 2.14 bits per heavy atom. The predicted octanol–water partition coefficient (Wildman–Crippen LogP) is 1.56. The highest BCUT2D eigenvalue weighted by molar-refractivity contribution is 7.80. The number of aromatic nitrogens is 1. The van der Waals surface area contributed by atoms with E-state index < -0.39 is 0 Å². The van der Waals surface area contributed by atoms with Crippen LogP contribution in [0.5, 0.6) is 0 Å². The molecule has 0 amide bonds. The summed E-state index contributed by atoms with van der Waals surface area (Å²) in [6, 6.07) is 3.75. The summed E-state index contributed by atoms with van der Waals surface area (Å²) in [7, 11) is 0. The molecule has 0 aromatic carbocycles. The van der Waals surface area contributed by atoms with Gasteiger partial charge in [-0.1, -0.05) is 12.2 Å². The first-order chi connectivity index (χ1) is 6.69. The molecule has 0 aliphatic heterocycles. The summed E-state index contributed by atoms with van der Waals surface area (Å²) >= 11 is 4.91. The van der Waals surface area contributed by atoms with Crippen molar-refractivity contribution < 1.29 is 0 Å². The van der Waals surface area contributed by atoms with Crippen molar-refractivity contribution in [2.24, 2.45) is 5.73 Å². The Labute approximate surface area is 89.9 Å². The fraction of sp³-hybridized carbons (Fsp3) is 0.400. The molecule has 0 aliphatic carbocycles. The molecule has 0 atom stereocenters. The summed E-state index contributed by atoms with van der Waals surface area (Å²) in [5.41, 5.74) is 6.42. The molecule has 0 spiro atoms. The van der Waals surface area contributed by atoms with E-state index in [1.165, 1.54) is 0 Å². The largest absolute Gasteiger partial charge is 0.389 e. The maximum absolute atomic E-state index is 5.55. The molecule has 3 nitrogen and oxygen atoms in total. The lowest BCUT2D eigenvalue weighted by Gasteiger charge is -2.19. The highest BCUT2D eigenvalue weighted by atomic mass is 32.1. The Hall–Kier alpha value is -1.16. The second kappa shape index (κ2) is 4.91. The molecule has 0 aliphatic rings. The van der Waals surface area contributed by atoms with Crippen molar-refractivity contribution in [2.45, 2.75) is 13.8 Å². The fourth-order valence-electron chi connectivity index (χ4n) is 1.29. The maximum atomic E-state index is 5.55. The molecule has 1 aromatic rings. The third-order valence-corrected chi connectivity index (χ3v) is 2.35. The minimum atomic E-state index is 0.417. The molecule has 1 aromatic heterocycles. The standard InChI is InChI=1S/C10H15N3S/c1-3-13(4-2)9-7-8(10(11)14)5-6-12-9/h5-7H,3-4H2,1-2H3,(H2,11,14). The monoisotopic (exact) mass is 209 g/mol. The van der Waals surface area contributed by atoms with E-state index in [0.29, 0.717) is 4.99 Å². The van der Waals surface area contributed by atoms with Gasteiger partial charge in [0.15, 0.2) is 0 Å². The van der Waals surface area contributed by atoms with Gasteiger partial charge < -0.3 is 10.6 Å². The van der Waals surface area contributed by atoms with Gasteiger partial charge in [-0.2, -0.15) is 0 Å². The van der Waals surface area contributed by atoms with Crippen LogP contribution >= 0.6 is 12.2 Å². The maximum Gasteiger partial charge on any atom is 0.129 e. The molecule has 4 heteroatoms. The first kappa shape index (κ1) is 10.9. The van der Waals surface area contributed by atoms with E-state index in [0.717, 1.165) is 24.5 Å². The molecular weight excluding hydrogens is 194 g/mol. The second-order valence-electron chi connectivity index (χ2n) is 2.94. The van der Waals surface area contributed by atoms with Crippen LogP contribution in [-0.2, 0) is 0 Å². The zero-order valence-electron chi connectivity index (χ0n) is 8.53. The van der Waals surface area contributed by atoms with Gasteiger partial charge in [-0.15, -0.1) is 0 Å². The van der Waals surface area contributed by atoms with Crippen LogP contribution < -0.4 is 10.6 Å². The van der Waals surface area contributed by atoms with E-state index in [9.17, 15) is 0 Å². The van der Waals surface area contributed by atoms with E-state index >= 15 is 0 Å². The van der Waals surface area contributed by atoms with Crippen molar-refractivity contribution in [1.82, 2.24) is 4.98 Å². The Morgan fingerprint density at radius 1 is 1.50 bits per heavy atom. The Bertz CT molecular complexity index is 321. The highest BCUT2D eigenvalue weighted by Crippen LogP contribution is 2.11. The van der Waals surface area contributed by atoms with Crippen LogP contribution in [-0.4, -0.2) is 23.1 Å². The lowest BCUT2D eigenvalue weighted by atomic mass is 10.2. The van der Waals surface area contributed by atoms with Crippen LogP contribution in [0.15, 0.2) is 18.3 Å². The number of hydrogen-bond donors (Lipinski definition) is 1. The number of pyridine rings is 1. The SMILES string of the molecule is CCN(CC)c1cc(C(N)=S)ccn1. The van der Waals surface area contributed by atoms with Gasteiger partial charge in [0.25, 0.3) is 0 Å². The van der Waals surface area contributed by atoms with Crippen LogP contribution in [0.4, 0.5) is 5.82 Å². The van der Waals surface area contributed by atoms with E-state index in [-0.39, 0.29) is 0 Å². The molecule has 2 N–H and O–H groups in total. The van der Waals surface area contributed by atoms with E-state index in [1.807, 2.05) is 12.1 Å². The summed E-state index contributed by atoms with van der Waals surface area (Å²) < 4.78 is 0. The van der Waals surface area contributed by atoms with Gasteiger partial charge in [-0.25, -0.2) is 4.98 Å². The van der Waals surface area contributed by atoms with Gasteiger partial charge in [0, 0.05) is 24.8 Å². The summed E-state index contributed by atoms with van der Waals surface area (Å²) in [5.74, 6) is 0.931. The van der Waals surface area contributed by atoms with E-state index in [1.54, 1.807) is 6.20 Å². The highest BCUT2D eigenvalue weighted by Gasteiger charge is 2.04. The van der Waals surface area contributed by atoms with Crippen LogP contribution in [0, 0.1) is 0 Å². The van der Waals surface area contributed by atoms with E-state index in [4.69, 9.17) is 18.0 Å². The van der Waals surface area contributed by atoms with Gasteiger partial charge in [0.1, 0.15) is 10.8 Å². The first-order valence-electron chi connectivity index (χ1n) is 4.69. The Morgan fingerprint density at radius 3 is 2.64 bits per heavy atom. The average molecular weight is 209 g/mol. The van der Waals surface area contributed by atoms with Crippen LogP contribution in [0.3, 0.4) is 0 Å². The van der Waals surface area contributed by atoms with Gasteiger partial charge in [-0.05, 0) is 26.0 Å². The molecule has 1 rings (SSSR count). The topological polar surface area (TPSA) is 42.1 Å². The number of hydrogen-bond acceptors (Lipinski definition) is 3. The van der Waals surface area contributed by atoms with Crippen molar-refractivity contribution in [3.8, 4) is 0 Å². The summed E-state index contributed by atoms with van der Waals surface area (Å²) in [5, 5.41) is 0. The molecule has 0 unspecified atom stereocenters. The Balaban J connectivity index is 2.98. The lowest BCUT2D eigenvalue weighted by Crippen LogP contribution is -2.23. The lowest BCUT2D eigenvalue weighted by molar-refractivity contribution is 0.846. The van der Waals surface area contributed by atoms with Crippen LogP contribution in [0.1, 0.15) is 19.4 Å². The average Bonchev–Trinajstić information content (AvgIpc) is 2.20. The molecule has 0 fully saturated rings. The molecule has 0 bridgehead atoms. The summed E-state index contributed by atoms with van der Waals surface area (Å²) in [6.45, 7) is 6.06. The number of anilines is 1. The van der Waals surface area contributed by atoms with Crippen molar-refractivity contribution in [2.75, 3.05) is 18.0 Å². The number of nitrogens with two attached hydrogens (primary N) is 1. The minimum absolute atomic E-state index is 0.417. The fourth-order valence-corrected chi connectivity index (χ4v) is 1.42. The molecule has 76 valence electrons. The number of nitrogens with zero attached hydrogens (tertiary/aromatic N) is 2. The van der Waals surface area contributed by atoms with Crippen molar-refractivity contribution >= 4 is 23.0 Å². The third-order valence-electron chi connectivity index (χ3n) is 2.12. The van der Waals surface area contributed by atoms with E-state index in [2.05, 4.69) is 23.7 Å². The minimum Gasteiger partial charge on any atom is -0.389 e. The van der Waals surface area contributed by atoms with Gasteiger partial charge in [0.05, 0.1) is 0 Å². The molecule has 1 heterocycles. The summed E-state index contributed by atoms with van der Waals surface area (Å²) in [6.07, 6.45) is 1.74. The molecule has 14 heavy (non-hydrogen) atoms. The quantitative estimate of drug-likeness (QED) is 0.764. The zero-order valence-corrected chi connectivity index (χ0v) is 9.34. The number of rotatable bonds is 4. The van der Waals surface area contributed by atoms with Crippen molar-refractivity contribution in [3.05, 3.63) is 23.9 Å².